The first-order valence-corrected chi connectivity index (χ1v) is 5.15. The first-order valence-electron chi connectivity index (χ1n) is 5.15. The predicted octanol–water partition coefficient (Wildman–Crippen LogP) is 0.957. The largest absolute Gasteiger partial charge is 0.367 e. The normalized spacial score (nSPS) is 24.7. The summed E-state index contributed by atoms with van der Waals surface area (Å²) in [5.74, 6) is 0.190. The molecule has 1 saturated heterocycles. The molecule has 82 valence electrons. The third-order valence-corrected chi connectivity index (χ3v) is 2.85. The summed E-state index contributed by atoms with van der Waals surface area (Å²) in [6.45, 7) is 4.19. The molecule has 0 aromatic carbocycles. The Kier molecular flexibility index (Phi) is 2.38. The van der Waals surface area contributed by atoms with Crippen LogP contribution < -0.4 is 0 Å². The highest BCUT2D eigenvalue weighted by Crippen LogP contribution is 2.27. The number of carbonyl (C=O) groups excluding carboxylic acids is 1. The predicted molar refractivity (Wildman–Crippen MR) is 55.4 cm³/mol. The molecular formula is C11H16N2O2. The van der Waals surface area contributed by atoms with Gasteiger partial charge in [-0.3, -0.25) is 9.48 Å². The zero-order valence-corrected chi connectivity index (χ0v) is 9.36. The summed E-state index contributed by atoms with van der Waals surface area (Å²) in [5, 5.41) is 4.08. The van der Waals surface area contributed by atoms with Crippen molar-refractivity contribution in [1.82, 2.24) is 9.78 Å². The molecule has 1 fully saturated rings. The van der Waals surface area contributed by atoms with Crippen LogP contribution in [0.25, 0.3) is 0 Å². The topological polar surface area (TPSA) is 44.1 Å². The van der Waals surface area contributed by atoms with Crippen LogP contribution in [-0.4, -0.2) is 27.8 Å². The maximum absolute atomic E-state index is 11.9. The molecule has 0 saturated carbocycles. The van der Waals surface area contributed by atoms with Crippen LogP contribution in [0.5, 0.6) is 0 Å². The van der Waals surface area contributed by atoms with Crippen LogP contribution in [0.15, 0.2) is 12.4 Å². The van der Waals surface area contributed by atoms with Gasteiger partial charge in [0, 0.05) is 19.2 Å². The van der Waals surface area contributed by atoms with Crippen molar-refractivity contribution in [3.05, 3.63) is 18.0 Å². The highest BCUT2D eigenvalue weighted by molar-refractivity contribution is 5.90. The monoisotopic (exact) mass is 208 g/mol. The van der Waals surface area contributed by atoms with Crippen molar-refractivity contribution in [2.24, 2.45) is 13.0 Å². The lowest BCUT2D eigenvalue weighted by Crippen LogP contribution is -2.30. The molecule has 2 rings (SSSR count). The fourth-order valence-corrected chi connectivity index (χ4v) is 1.96. The Bertz CT molecular complexity index is 382. The molecule has 1 aliphatic heterocycles. The number of ketones is 1. The van der Waals surface area contributed by atoms with Crippen LogP contribution in [0, 0.1) is 5.92 Å². The molecule has 0 radical (unpaired) electrons. The smallest absolute Gasteiger partial charge is 0.169 e. The number of hydrogen-bond donors (Lipinski definition) is 0. The van der Waals surface area contributed by atoms with Crippen molar-refractivity contribution >= 4 is 5.78 Å². The molecule has 4 heteroatoms. The average molecular weight is 208 g/mol. The second-order valence-corrected chi connectivity index (χ2v) is 4.61. The molecule has 0 N–H and O–H groups in total. The van der Waals surface area contributed by atoms with Crippen LogP contribution in [0.2, 0.25) is 0 Å². The molecule has 1 unspecified atom stereocenters. The highest BCUT2D eigenvalue weighted by atomic mass is 16.5. The minimum atomic E-state index is -0.604. The van der Waals surface area contributed by atoms with E-state index in [2.05, 4.69) is 5.10 Å². The van der Waals surface area contributed by atoms with Gasteiger partial charge in [-0.05, 0) is 25.8 Å². The maximum Gasteiger partial charge on any atom is 0.169 e. The van der Waals surface area contributed by atoms with Crippen LogP contribution in [-0.2, 0) is 23.0 Å². The van der Waals surface area contributed by atoms with Crippen molar-refractivity contribution in [3.63, 3.8) is 0 Å². The maximum atomic E-state index is 11.9. The zero-order valence-electron chi connectivity index (χ0n) is 9.36. The Hall–Kier alpha value is -1.16. The van der Waals surface area contributed by atoms with E-state index in [1.165, 1.54) is 0 Å². The molecule has 0 aliphatic carbocycles. The van der Waals surface area contributed by atoms with E-state index in [0.29, 0.717) is 6.61 Å². The summed E-state index contributed by atoms with van der Waals surface area (Å²) >= 11 is 0. The van der Waals surface area contributed by atoms with Crippen molar-refractivity contribution in [2.75, 3.05) is 6.61 Å². The number of aryl methyl sites for hydroxylation is 1. The summed E-state index contributed by atoms with van der Waals surface area (Å²) in [6, 6.07) is 0. The molecule has 1 aromatic heterocycles. The van der Waals surface area contributed by atoms with E-state index in [4.69, 9.17) is 4.74 Å². The third-order valence-electron chi connectivity index (χ3n) is 2.85. The summed E-state index contributed by atoms with van der Waals surface area (Å²) in [6.07, 6.45) is 4.48. The molecule has 1 atom stereocenters. The van der Waals surface area contributed by atoms with Crippen molar-refractivity contribution in [3.8, 4) is 0 Å². The van der Waals surface area contributed by atoms with Crippen LogP contribution in [0.1, 0.15) is 19.4 Å². The van der Waals surface area contributed by atoms with E-state index in [1.54, 1.807) is 10.9 Å². The van der Waals surface area contributed by atoms with E-state index in [1.807, 2.05) is 27.1 Å². The molecule has 4 nitrogen and oxygen atoms in total. The summed E-state index contributed by atoms with van der Waals surface area (Å²) in [7, 11) is 1.88. The van der Waals surface area contributed by atoms with Gasteiger partial charge in [-0.15, -0.1) is 0 Å². The lowest BCUT2D eigenvalue weighted by molar-refractivity contribution is -0.130. The summed E-state index contributed by atoms with van der Waals surface area (Å²) < 4.78 is 7.22. The van der Waals surface area contributed by atoms with Crippen LogP contribution in [0.3, 0.4) is 0 Å². The number of carbonyl (C=O) groups is 1. The number of hydrogen-bond acceptors (Lipinski definition) is 3. The molecule has 0 bridgehead atoms. The van der Waals surface area contributed by atoms with E-state index >= 15 is 0 Å². The van der Waals surface area contributed by atoms with E-state index < -0.39 is 5.60 Å². The van der Waals surface area contributed by atoms with Gasteiger partial charge in [0.15, 0.2) is 5.78 Å². The minimum Gasteiger partial charge on any atom is -0.367 e. The Balaban J connectivity index is 2.06. The lowest BCUT2D eigenvalue weighted by atomic mass is 9.92. The van der Waals surface area contributed by atoms with E-state index in [9.17, 15) is 4.79 Å². The third kappa shape index (κ3) is 1.95. The number of ether oxygens (including phenoxy) is 1. The van der Waals surface area contributed by atoms with Crippen LogP contribution >= 0.6 is 0 Å². The Morgan fingerprint density at radius 3 is 2.87 bits per heavy atom. The Morgan fingerprint density at radius 2 is 2.40 bits per heavy atom. The fourth-order valence-electron chi connectivity index (χ4n) is 1.96. The van der Waals surface area contributed by atoms with Gasteiger partial charge in [0.2, 0.25) is 0 Å². The number of nitrogens with zero attached hydrogens (tertiary/aromatic N) is 2. The Labute approximate surface area is 89.2 Å². The number of aromatic nitrogens is 2. The van der Waals surface area contributed by atoms with Gasteiger partial charge in [0.05, 0.1) is 12.8 Å². The van der Waals surface area contributed by atoms with E-state index in [0.717, 1.165) is 12.0 Å². The highest BCUT2D eigenvalue weighted by Gasteiger charge is 2.41. The standard InChI is InChI=1S/C11H16N2O2/c1-11(2)10(14)9(7-15-11)4-8-5-12-13(3)6-8/h5-6,9H,4,7H2,1-3H3. The van der Waals surface area contributed by atoms with Gasteiger partial charge in [-0.25, -0.2) is 0 Å². The molecule has 15 heavy (non-hydrogen) atoms. The van der Waals surface area contributed by atoms with Gasteiger partial charge in [-0.1, -0.05) is 0 Å². The number of Topliss-reactive ketones (excluding diaryl/α,β-unsaturated/α-hetero) is 1. The Morgan fingerprint density at radius 1 is 1.67 bits per heavy atom. The SMILES string of the molecule is Cn1cc(CC2COC(C)(C)C2=O)cn1. The second kappa shape index (κ2) is 3.45. The molecule has 1 aromatic rings. The lowest BCUT2D eigenvalue weighted by Gasteiger charge is -2.14. The van der Waals surface area contributed by atoms with Gasteiger partial charge >= 0.3 is 0 Å². The van der Waals surface area contributed by atoms with Gasteiger partial charge in [0.1, 0.15) is 5.60 Å². The summed E-state index contributed by atoms with van der Waals surface area (Å²) in [4.78, 5) is 11.9. The zero-order chi connectivity index (χ0) is 11.1. The minimum absolute atomic E-state index is 0.0100. The average Bonchev–Trinajstić information content (AvgIpc) is 2.66. The fraction of sp³-hybridized carbons (Fsp3) is 0.636. The first kappa shape index (κ1) is 10.4. The van der Waals surface area contributed by atoms with Crippen LogP contribution in [0.4, 0.5) is 0 Å². The van der Waals surface area contributed by atoms with Gasteiger partial charge in [0.25, 0.3) is 0 Å². The van der Waals surface area contributed by atoms with Crippen molar-refractivity contribution in [1.29, 1.82) is 0 Å². The molecule has 0 amide bonds. The first-order chi connectivity index (χ1) is 6.99. The van der Waals surface area contributed by atoms with Crippen molar-refractivity contribution < 1.29 is 9.53 Å². The quantitative estimate of drug-likeness (QED) is 0.727. The second-order valence-electron chi connectivity index (χ2n) is 4.61. The molecule has 2 heterocycles. The molecular weight excluding hydrogens is 192 g/mol. The van der Waals surface area contributed by atoms with Gasteiger partial charge < -0.3 is 4.74 Å². The van der Waals surface area contributed by atoms with Crippen molar-refractivity contribution in [2.45, 2.75) is 25.9 Å². The summed E-state index contributed by atoms with van der Waals surface area (Å²) in [5.41, 5.74) is 0.490. The molecule has 1 aliphatic rings. The number of rotatable bonds is 2. The molecule has 0 spiro atoms. The van der Waals surface area contributed by atoms with E-state index in [-0.39, 0.29) is 11.7 Å². The van der Waals surface area contributed by atoms with Gasteiger partial charge in [-0.2, -0.15) is 5.10 Å².